The molecule has 7 heteroatoms. The molecule has 0 aliphatic carbocycles. The molecule has 2 aromatic rings. The van der Waals surface area contributed by atoms with Crippen LogP contribution >= 0.6 is 11.9 Å². The van der Waals surface area contributed by atoms with Crippen LogP contribution in [0.2, 0.25) is 0 Å². The van der Waals surface area contributed by atoms with Crippen LogP contribution in [0.3, 0.4) is 0 Å². The number of benzene rings is 1. The Hall–Kier alpha value is -1.57. The molecule has 0 spiro atoms. The van der Waals surface area contributed by atoms with Crippen molar-refractivity contribution >= 4 is 34.4 Å². The van der Waals surface area contributed by atoms with Crippen molar-refractivity contribution in [3.8, 4) is 0 Å². The molecule has 1 N–H and O–H groups in total. The molecule has 1 aromatic heterocycles. The quantitative estimate of drug-likeness (QED) is 0.808. The summed E-state index contributed by atoms with van der Waals surface area (Å²) >= 11 is 1.70. The van der Waals surface area contributed by atoms with Gasteiger partial charge in [0.15, 0.2) is 0 Å². The van der Waals surface area contributed by atoms with Crippen LogP contribution in [0.4, 0.5) is 11.5 Å². The molecule has 1 unspecified atom stereocenters. The highest BCUT2D eigenvalue weighted by molar-refractivity contribution is 7.96. The molecular formula is C19H27N5OS. The number of ether oxygens (including phenoxy) is 1. The zero-order valence-corrected chi connectivity index (χ0v) is 16.2. The van der Waals surface area contributed by atoms with Crippen LogP contribution in [0.15, 0.2) is 24.5 Å². The first-order chi connectivity index (χ1) is 12.8. The Bertz CT molecular complexity index is 737. The van der Waals surface area contributed by atoms with E-state index in [0.717, 1.165) is 62.7 Å². The summed E-state index contributed by atoms with van der Waals surface area (Å²) in [7, 11) is 0. The van der Waals surface area contributed by atoms with Gasteiger partial charge in [0.1, 0.15) is 12.1 Å². The minimum Gasteiger partial charge on any atom is -0.378 e. The van der Waals surface area contributed by atoms with E-state index in [2.05, 4.69) is 48.9 Å². The number of hydrogen-bond acceptors (Lipinski definition) is 7. The van der Waals surface area contributed by atoms with Gasteiger partial charge in [-0.1, -0.05) is 11.9 Å². The normalized spacial score (nSPS) is 21.3. The molecule has 2 saturated heterocycles. The van der Waals surface area contributed by atoms with Gasteiger partial charge in [0.05, 0.1) is 18.7 Å². The van der Waals surface area contributed by atoms with Crippen LogP contribution in [-0.2, 0) is 4.74 Å². The van der Waals surface area contributed by atoms with Gasteiger partial charge >= 0.3 is 0 Å². The molecule has 1 aromatic carbocycles. The number of hydrogen-bond donors (Lipinski definition) is 1. The number of morpholine rings is 1. The van der Waals surface area contributed by atoms with Gasteiger partial charge in [-0.2, -0.15) is 0 Å². The number of anilines is 2. The Morgan fingerprint density at radius 2 is 2.08 bits per heavy atom. The third-order valence-corrected chi connectivity index (χ3v) is 5.76. The molecule has 2 fully saturated rings. The summed E-state index contributed by atoms with van der Waals surface area (Å²) in [5, 5.41) is 1.16. The van der Waals surface area contributed by atoms with Crippen molar-refractivity contribution in [1.82, 2.24) is 14.7 Å². The van der Waals surface area contributed by atoms with Crippen molar-refractivity contribution in [2.45, 2.75) is 12.8 Å². The smallest absolute Gasteiger partial charge is 0.139 e. The van der Waals surface area contributed by atoms with Crippen LogP contribution in [-0.4, -0.2) is 62.2 Å². The SMILES string of the molecule is CSNCC1CCCN(c2ncnc3ccc(N4CCOCC4)cc23)C1. The van der Waals surface area contributed by atoms with E-state index in [1.54, 1.807) is 18.3 Å². The zero-order valence-electron chi connectivity index (χ0n) is 15.4. The Labute approximate surface area is 159 Å². The monoisotopic (exact) mass is 373 g/mol. The van der Waals surface area contributed by atoms with Crippen LogP contribution in [0.1, 0.15) is 12.8 Å². The topological polar surface area (TPSA) is 53.5 Å². The van der Waals surface area contributed by atoms with E-state index in [9.17, 15) is 0 Å². The molecule has 0 amide bonds. The molecular weight excluding hydrogens is 346 g/mol. The van der Waals surface area contributed by atoms with Crippen molar-refractivity contribution < 1.29 is 4.74 Å². The first kappa shape index (κ1) is 17.8. The van der Waals surface area contributed by atoms with Crippen molar-refractivity contribution in [1.29, 1.82) is 0 Å². The molecule has 0 bridgehead atoms. The minimum atomic E-state index is 0.670. The fraction of sp³-hybridized carbons (Fsp3) is 0.579. The van der Waals surface area contributed by atoms with E-state index in [-0.39, 0.29) is 0 Å². The highest BCUT2D eigenvalue weighted by atomic mass is 32.2. The molecule has 0 radical (unpaired) electrons. The molecule has 3 heterocycles. The summed E-state index contributed by atoms with van der Waals surface area (Å²) in [6, 6.07) is 6.56. The van der Waals surface area contributed by atoms with E-state index in [1.165, 1.54) is 18.5 Å². The molecule has 140 valence electrons. The lowest BCUT2D eigenvalue weighted by molar-refractivity contribution is 0.122. The van der Waals surface area contributed by atoms with Gasteiger partial charge in [-0.05, 0) is 43.2 Å². The second kappa shape index (κ2) is 8.41. The maximum atomic E-state index is 5.49. The minimum absolute atomic E-state index is 0.670. The third kappa shape index (κ3) is 3.89. The first-order valence-corrected chi connectivity index (χ1v) is 10.7. The van der Waals surface area contributed by atoms with Gasteiger partial charge in [-0.15, -0.1) is 0 Å². The van der Waals surface area contributed by atoms with Crippen LogP contribution in [0.25, 0.3) is 10.9 Å². The molecule has 0 saturated carbocycles. The van der Waals surface area contributed by atoms with Crippen molar-refractivity contribution in [3.05, 3.63) is 24.5 Å². The number of fused-ring (bicyclic) bond motifs is 1. The summed E-state index contributed by atoms with van der Waals surface area (Å²) in [5.74, 6) is 1.75. The highest BCUT2D eigenvalue weighted by Gasteiger charge is 2.23. The Morgan fingerprint density at radius 1 is 1.19 bits per heavy atom. The molecule has 2 aliphatic rings. The summed E-state index contributed by atoms with van der Waals surface area (Å²) < 4.78 is 8.91. The van der Waals surface area contributed by atoms with Crippen molar-refractivity contribution in [2.24, 2.45) is 5.92 Å². The van der Waals surface area contributed by atoms with Gasteiger partial charge in [-0.3, -0.25) is 4.72 Å². The van der Waals surface area contributed by atoms with Crippen molar-refractivity contribution in [2.75, 3.05) is 62.0 Å². The average Bonchev–Trinajstić information content (AvgIpc) is 2.72. The zero-order chi connectivity index (χ0) is 17.8. The first-order valence-electron chi connectivity index (χ1n) is 9.43. The Morgan fingerprint density at radius 3 is 2.92 bits per heavy atom. The lowest BCUT2D eigenvalue weighted by Gasteiger charge is -2.34. The predicted molar refractivity (Wildman–Crippen MR) is 109 cm³/mol. The largest absolute Gasteiger partial charge is 0.378 e. The van der Waals surface area contributed by atoms with Gasteiger partial charge in [-0.25, -0.2) is 9.97 Å². The van der Waals surface area contributed by atoms with E-state index in [0.29, 0.717) is 5.92 Å². The van der Waals surface area contributed by atoms with Gasteiger partial charge < -0.3 is 14.5 Å². The molecule has 4 rings (SSSR count). The second-order valence-electron chi connectivity index (χ2n) is 7.01. The van der Waals surface area contributed by atoms with Gasteiger partial charge in [0, 0.05) is 43.8 Å². The summed E-state index contributed by atoms with van der Waals surface area (Å²) in [6.07, 6.45) is 6.29. The van der Waals surface area contributed by atoms with Gasteiger partial charge in [0.2, 0.25) is 0 Å². The summed E-state index contributed by atoms with van der Waals surface area (Å²) in [6.45, 7) is 6.67. The van der Waals surface area contributed by atoms with Crippen molar-refractivity contribution in [3.63, 3.8) is 0 Å². The summed E-state index contributed by atoms with van der Waals surface area (Å²) in [5.41, 5.74) is 2.27. The van der Waals surface area contributed by atoms with Crippen LogP contribution in [0.5, 0.6) is 0 Å². The Kier molecular flexibility index (Phi) is 5.77. The fourth-order valence-corrected chi connectivity index (χ4v) is 4.33. The summed E-state index contributed by atoms with van der Waals surface area (Å²) in [4.78, 5) is 14.0. The lowest BCUT2D eigenvalue weighted by Crippen LogP contribution is -2.39. The number of nitrogens with one attached hydrogen (secondary N) is 1. The van der Waals surface area contributed by atoms with E-state index in [1.807, 2.05) is 0 Å². The maximum Gasteiger partial charge on any atom is 0.139 e. The number of aromatic nitrogens is 2. The molecule has 26 heavy (non-hydrogen) atoms. The fourth-order valence-electron chi connectivity index (χ4n) is 3.93. The maximum absolute atomic E-state index is 5.49. The number of nitrogens with zero attached hydrogens (tertiary/aromatic N) is 4. The lowest BCUT2D eigenvalue weighted by atomic mass is 9.98. The third-order valence-electron chi connectivity index (χ3n) is 5.31. The second-order valence-corrected chi connectivity index (χ2v) is 7.70. The van der Waals surface area contributed by atoms with Crippen LogP contribution in [0, 0.1) is 5.92 Å². The number of piperidine rings is 1. The standard InChI is InChI=1S/C19H27N5OS/c1-26-22-12-15-3-2-6-24(13-15)19-17-11-16(23-7-9-25-10-8-23)4-5-18(17)20-14-21-19/h4-5,11,14-15,22H,2-3,6-10,12-13H2,1H3. The van der Waals surface area contributed by atoms with E-state index in [4.69, 9.17) is 4.74 Å². The van der Waals surface area contributed by atoms with Gasteiger partial charge in [0.25, 0.3) is 0 Å². The molecule has 2 aliphatic heterocycles. The van der Waals surface area contributed by atoms with E-state index < -0.39 is 0 Å². The highest BCUT2D eigenvalue weighted by Crippen LogP contribution is 2.30. The Balaban J connectivity index is 1.61. The number of rotatable bonds is 5. The average molecular weight is 374 g/mol. The molecule has 1 atom stereocenters. The molecule has 6 nitrogen and oxygen atoms in total. The van der Waals surface area contributed by atoms with E-state index >= 15 is 0 Å². The van der Waals surface area contributed by atoms with Crippen LogP contribution < -0.4 is 14.5 Å². The predicted octanol–water partition coefficient (Wildman–Crippen LogP) is 2.55.